The van der Waals surface area contributed by atoms with Crippen molar-refractivity contribution in [2.75, 3.05) is 19.6 Å². The van der Waals surface area contributed by atoms with Gasteiger partial charge < -0.3 is 16.0 Å². The lowest BCUT2D eigenvalue weighted by Crippen LogP contribution is -2.47. The van der Waals surface area contributed by atoms with Gasteiger partial charge in [0, 0.05) is 19.1 Å². The van der Waals surface area contributed by atoms with Crippen molar-refractivity contribution in [1.29, 1.82) is 0 Å². The van der Waals surface area contributed by atoms with Crippen molar-refractivity contribution in [3.63, 3.8) is 0 Å². The molecule has 0 aromatic heterocycles. The number of hydrogen-bond donors (Lipinski definition) is 2. The van der Waals surface area contributed by atoms with Gasteiger partial charge in [-0.1, -0.05) is 13.8 Å². The Balaban J connectivity index is 2.04. The fourth-order valence-electron chi connectivity index (χ4n) is 2.80. The molecular weight excluding hydrogens is 260 g/mol. The average Bonchev–Trinajstić information content (AvgIpc) is 2.96. The van der Waals surface area contributed by atoms with Gasteiger partial charge in [0.25, 0.3) is 5.91 Å². The van der Waals surface area contributed by atoms with Crippen molar-refractivity contribution in [3.05, 3.63) is 0 Å². The summed E-state index contributed by atoms with van der Waals surface area (Å²) < 4.78 is 0. The van der Waals surface area contributed by atoms with Gasteiger partial charge in [0.2, 0.25) is 5.91 Å². The molecule has 2 aliphatic heterocycles. The van der Waals surface area contributed by atoms with E-state index in [0.29, 0.717) is 25.9 Å². The number of amides is 4. The number of nitrogens with one attached hydrogen (secondary N) is 1. The molecule has 2 saturated heterocycles. The Morgan fingerprint density at radius 1 is 1.40 bits per heavy atom. The first-order chi connectivity index (χ1) is 9.43. The zero-order valence-electron chi connectivity index (χ0n) is 12.0. The number of rotatable bonds is 4. The van der Waals surface area contributed by atoms with Gasteiger partial charge >= 0.3 is 6.03 Å². The fourth-order valence-corrected chi connectivity index (χ4v) is 2.80. The molecule has 2 aliphatic rings. The molecule has 7 nitrogen and oxygen atoms in total. The van der Waals surface area contributed by atoms with E-state index in [0.717, 1.165) is 11.3 Å². The smallest absolute Gasteiger partial charge is 0.325 e. The first-order valence-electron chi connectivity index (χ1n) is 7.11. The summed E-state index contributed by atoms with van der Waals surface area (Å²) in [6.07, 6.45) is 1.81. The first kappa shape index (κ1) is 14.8. The number of hydrogen-bond acceptors (Lipinski definition) is 4. The molecule has 0 spiro atoms. The van der Waals surface area contributed by atoms with Gasteiger partial charge in [-0.2, -0.15) is 0 Å². The molecule has 0 saturated carbocycles. The van der Waals surface area contributed by atoms with Crippen LogP contribution in [0, 0.1) is 0 Å². The van der Waals surface area contributed by atoms with Crippen LogP contribution in [0.4, 0.5) is 4.79 Å². The predicted octanol–water partition coefficient (Wildman–Crippen LogP) is -0.343. The number of nitrogens with zero attached hydrogens (tertiary/aromatic N) is 2. The molecule has 2 heterocycles. The zero-order valence-corrected chi connectivity index (χ0v) is 12.0. The maximum atomic E-state index is 12.4. The van der Waals surface area contributed by atoms with E-state index in [-0.39, 0.29) is 24.4 Å². The van der Waals surface area contributed by atoms with E-state index in [4.69, 9.17) is 5.73 Å². The van der Waals surface area contributed by atoms with E-state index in [1.54, 1.807) is 4.90 Å². The van der Waals surface area contributed by atoms with Crippen molar-refractivity contribution in [3.8, 4) is 0 Å². The highest BCUT2D eigenvalue weighted by Crippen LogP contribution is 2.25. The maximum Gasteiger partial charge on any atom is 0.325 e. The number of nitrogens with two attached hydrogens (primary N) is 1. The van der Waals surface area contributed by atoms with E-state index < -0.39 is 11.6 Å². The minimum Gasteiger partial charge on any atom is -0.340 e. The summed E-state index contributed by atoms with van der Waals surface area (Å²) in [5, 5.41) is 2.71. The molecule has 0 aromatic carbocycles. The second-order valence-corrected chi connectivity index (χ2v) is 5.50. The highest BCUT2D eigenvalue weighted by Gasteiger charge is 2.49. The maximum absolute atomic E-state index is 12.4. The van der Waals surface area contributed by atoms with Crippen molar-refractivity contribution in [1.82, 2.24) is 15.1 Å². The van der Waals surface area contributed by atoms with Gasteiger partial charge in [-0.05, 0) is 19.3 Å². The third-order valence-corrected chi connectivity index (χ3v) is 4.32. The summed E-state index contributed by atoms with van der Waals surface area (Å²) >= 11 is 0. The number of likely N-dealkylation sites (tertiary alicyclic amines) is 1. The van der Waals surface area contributed by atoms with Gasteiger partial charge in [-0.3, -0.25) is 14.5 Å². The van der Waals surface area contributed by atoms with Gasteiger partial charge in [0.1, 0.15) is 12.1 Å². The summed E-state index contributed by atoms with van der Waals surface area (Å²) in [6.45, 7) is 4.60. The van der Waals surface area contributed by atoms with Crippen LogP contribution in [0.25, 0.3) is 0 Å². The Morgan fingerprint density at radius 2 is 2.05 bits per heavy atom. The van der Waals surface area contributed by atoms with Gasteiger partial charge in [0.15, 0.2) is 0 Å². The summed E-state index contributed by atoms with van der Waals surface area (Å²) in [7, 11) is 0. The number of carbonyl (C=O) groups is 3. The molecule has 7 heteroatoms. The molecule has 0 aliphatic carbocycles. The molecule has 1 atom stereocenters. The Morgan fingerprint density at radius 3 is 2.50 bits per heavy atom. The summed E-state index contributed by atoms with van der Waals surface area (Å²) in [4.78, 5) is 39.1. The van der Waals surface area contributed by atoms with E-state index in [1.807, 2.05) is 13.8 Å². The van der Waals surface area contributed by atoms with Crippen LogP contribution in [0.1, 0.15) is 33.1 Å². The predicted molar refractivity (Wildman–Crippen MR) is 72.7 cm³/mol. The number of imide groups is 1. The minimum atomic E-state index is -0.848. The first-order valence-corrected chi connectivity index (χ1v) is 7.11. The molecule has 20 heavy (non-hydrogen) atoms. The second-order valence-electron chi connectivity index (χ2n) is 5.50. The van der Waals surface area contributed by atoms with Crippen LogP contribution in [0.15, 0.2) is 0 Å². The van der Waals surface area contributed by atoms with E-state index in [1.165, 1.54) is 0 Å². The highest BCUT2D eigenvalue weighted by molar-refractivity contribution is 6.08. The average molecular weight is 282 g/mol. The minimum absolute atomic E-state index is 0.00701. The second kappa shape index (κ2) is 5.40. The molecular formula is C13H22N4O3. The van der Waals surface area contributed by atoms with Crippen molar-refractivity contribution in [2.45, 2.75) is 44.7 Å². The van der Waals surface area contributed by atoms with Crippen molar-refractivity contribution in [2.24, 2.45) is 5.73 Å². The third-order valence-electron chi connectivity index (χ3n) is 4.32. The molecule has 4 amide bonds. The van der Waals surface area contributed by atoms with E-state index in [2.05, 4.69) is 5.32 Å². The molecule has 0 aromatic rings. The van der Waals surface area contributed by atoms with E-state index in [9.17, 15) is 14.4 Å². The monoisotopic (exact) mass is 282 g/mol. The molecule has 112 valence electrons. The lowest BCUT2D eigenvalue weighted by Gasteiger charge is -2.23. The van der Waals surface area contributed by atoms with Gasteiger partial charge in [-0.15, -0.1) is 0 Å². The number of carbonyl (C=O) groups excluding carboxylic acids is 3. The Kier molecular flexibility index (Phi) is 3.99. The Labute approximate surface area is 118 Å². The topological polar surface area (TPSA) is 95.7 Å². The molecule has 2 fully saturated rings. The van der Waals surface area contributed by atoms with Crippen LogP contribution >= 0.6 is 0 Å². The molecule has 2 rings (SSSR count). The quantitative estimate of drug-likeness (QED) is 0.689. The molecule has 0 unspecified atom stereocenters. The van der Waals surface area contributed by atoms with Crippen LogP contribution in [-0.4, -0.2) is 58.9 Å². The summed E-state index contributed by atoms with van der Waals surface area (Å²) in [6, 6.07) is -0.483. The van der Waals surface area contributed by atoms with E-state index >= 15 is 0 Å². The van der Waals surface area contributed by atoms with Gasteiger partial charge in [-0.25, -0.2) is 4.79 Å². The van der Waals surface area contributed by atoms with Crippen molar-refractivity contribution >= 4 is 17.8 Å². The SMILES string of the molecule is CCC1(CC)NC(=O)N(CC(=O)N2CC[C@@H](N)C2)C1=O. The lowest BCUT2D eigenvalue weighted by molar-refractivity contribution is -0.138. The normalized spacial score (nSPS) is 25.2. The largest absolute Gasteiger partial charge is 0.340 e. The van der Waals surface area contributed by atoms with Crippen molar-refractivity contribution < 1.29 is 14.4 Å². The zero-order chi connectivity index (χ0) is 14.9. The van der Waals surface area contributed by atoms with Crippen LogP contribution in [0.5, 0.6) is 0 Å². The van der Waals surface area contributed by atoms with Crippen LogP contribution in [0.3, 0.4) is 0 Å². The lowest BCUT2D eigenvalue weighted by atomic mass is 9.93. The molecule has 0 bridgehead atoms. The summed E-state index contributed by atoms with van der Waals surface area (Å²) in [5.41, 5.74) is 4.91. The van der Waals surface area contributed by atoms with Crippen LogP contribution in [0.2, 0.25) is 0 Å². The Hall–Kier alpha value is -1.63. The molecule has 0 radical (unpaired) electrons. The summed E-state index contributed by atoms with van der Waals surface area (Å²) in [5.74, 6) is -0.520. The highest BCUT2D eigenvalue weighted by atomic mass is 16.2. The number of urea groups is 1. The Bertz CT molecular complexity index is 433. The van der Waals surface area contributed by atoms with Crippen LogP contribution in [-0.2, 0) is 9.59 Å². The molecule has 3 N–H and O–H groups in total. The standard InChI is InChI=1S/C13H22N4O3/c1-3-13(4-2)11(19)17(12(20)15-13)8-10(18)16-6-5-9(14)7-16/h9H,3-8,14H2,1-2H3,(H,15,20)/t9-/m1/s1. The third kappa shape index (κ3) is 2.37. The van der Waals surface area contributed by atoms with Crippen LogP contribution < -0.4 is 11.1 Å². The van der Waals surface area contributed by atoms with Gasteiger partial charge in [0.05, 0.1) is 0 Å². The fraction of sp³-hybridized carbons (Fsp3) is 0.769.